The van der Waals surface area contributed by atoms with Gasteiger partial charge in [0.25, 0.3) is 0 Å². The Morgan fingerprint density at radius 2 is 2.05 bits per heavy atom. The van der Waals surface area contributed by atoms with Crippen LogP contribution >= 0.6 is 0 Å². The van der Waals surface area contributed by atoms with Crippen LogP contribution in [0.2, 0.25) is 0 Å². The molecule has 0 saturated carbocycles. The summed E-state index contributed by atoms with van der Waals surface area (Å²) in [7, 11) is 0. The number of hydrogen-bond donors (Lipinski definition) is 1. The first-order chi connectivity index (χ1) is 10.3. The first kappa shape index (κ1) is 12.6. The van der Waals surface area contributed by atoms with Crippen molar-refractivity contribution in [3.63, 3.8) is 0 Å². The number of ether oxygens (including phenoxy) is 1. The molecule has 21 heavy (non-hydrogen) atoms. The molecule has 2 aliphatic rings. The van der Waals surface area contributed by atoms with Crippen molar-refractivity contribution in [3.8, 4) is 5.75 Å². The maximum Gasteiger partial charge on any atom is 0.122 e. The minimum absolute atomic E-state index is 0.544. The van der Waals surface area contributed by atoms with E-state index in [0.717, 1.165) is 44.0 Å². The normalized spacial score (nSPS) is 19.8. The fourth-order valence-electron chi connectivity index (χ4n) is 3.59. The molecular formula is C18H20N2O. The monoisotopic (exact) mass is 280 g/mol. The zero-order chi connectivity index (χ0) is 14.2. The van der Waals surface area contributed by atoms with E-state index in [9.17, 15) is 0 Å². The lowest BCUT2D eigenvalue weighted by Gasteiger charge is -2.30. The molecule has 0 bridgehead atoms. The molecule has 1 unspecified atom stereocenters. The van der Waals surface area contributed by atoms with Gasteiger partial charge in [0.1, 0.15) is 5.75 Å². The predicted molar refractivity (Wildman–Crippen MR) is 86.1 cm³/mol. The lowest BCUT2D eigenvalue weighted by molar-refractivity contribution is 0.268. The number of nitrogens with zero attached hydrogens (tertiary/aromatic N) is 1. The number of para-hydroxylation sites is 1. The van der Waals surface area contributed by atoms with Crippen molar-refractivity contribution < 1.29 is 4.74 Å². The fraction of sp³-hybridized carbons (Fsp3) is 0.333. The number of nitrogens with two attached hydrogens (primary N) is 1. The van der Waals surface area contributed by atoms with Gasteiger partial charge in [-0.25, -0.2) is 0 Å². The van der Waals surface area contributed by atoms with Crippen LogP contribution < -0.4 is 15.4 Å². The maximum atomic E-state index is 6.10. The highest BCUT2D eigenvalue weighted by atomic mass is 16.5. The fourth-order valence-corrected chi connectivity index (χ4v) is 3.59. The third-order valence-corrected chi connectivity index (χ3v) is 4.68. The lowest BCUT2D eigenvalue weighted by atomic mass is 9.92. The van der Waals surface area contributed by atoms with Gasteiger partial charge >= 0.3 is 0 Å². The third kappa shape index (κ3) is 2.13. The van der Waals surface area contributed by atoms with Crippen LogP contribution in [0, 0.1) is 0 Å². The molecule has 2 aromatic rings. The van der Waals surface area contributed by atoms with Gasteiger partial charge in [-0.2, -0.15) is 0 Å². The van der Waals surface area contributed by atoms with Crippen LogP contribution in [0.15, 0.2) is 42.5 Å². The van der Waals surface area contributed by atoms with Crippen LogP contribution in [0.4, 0.5) is 11.4 Å². The van der Waals surface area contributed by atoms with Crippen molar-refractivity contribution in [2.75, 3.05) is 30.3 Å². The van der Waals surface area contributed by atoms with Crippen LogP contribution in [0.5, 0.6) is 5.75 Å². The Morgan fingerprint density at radius 1 is 1.14 bits per heavy atom. The van der Waals surface area contributed by atoms with Crippen molar-refractivity contribution in [2.45, 2.75) is 18.8 Å². The van der Waals surface area contributed by atoms with Gasteiger partial charge in [0.15, 0.2) is 0 Å². The molecule has 2 N–H and O–H groups in total. The van der Waals surface area contributed by atoms with Gasteiger partial charge in [0.2, 0.25) is 0 Å². The van der Waals surface area contributed by atoms with Crippen LogP contribution in [-0.4, -0.2) is 19.7 Å². The summed E-state index contributed by atoms with van der Waals surface area (Å²) in [5.74, 6) is 1.60. The predicted octanol–water partition coefficient (Wildman–Crippen LogP) is 3.20. The summed E-state index contributed by atoms with van der Waals surface area (Å²) in [5, 5.41) is 0. The molecule has 1 atom stereocenters. The second-order valence-electron chi connectivity index (χ2n) is 5.91. The van der Waals surface area contributed by atoms with E-state index in [-0.39, 0.29) is 0 Å². The Hall–Kier alpha value is -2.16. The third-order valence-electron chi connectivity index (χ3n) is 4.68. The zero-order valence-electron chi connectivity index (χ0n) is 12.1. The first-order valence-corrected chi connectivity index (χ1v) is 7.67. The molecule has 0 radical (unpaired) electrons. The van der Waals surface area contributed by atoms with Crippen LogP contribution in [0.25, 0.3) is 0 Å². The Kier molecular flexibility index (Phi) is 2.99. The van der Waals surface area contributed by atoms with Gasteiger partial charge in [-0.1, -0.05) is 24.3 Å². The molecule has 0 aromatic heterocycles. The Bertz CT molecular complexity index is 668. The number of fused-ring (bicyclic) bond motifs is 2. The molecule has 2 aromatic carbocycles. The SMILES string of the molecule is Nc1cccc2c1CCN2CC1CCOc2ccccc21. The molecule has 0 aliphatic carbocycles. The molecule has 2 aliphatic heterocycles. The van der Waals surface area contributed by atoms with Crippen molar-refractivity contribution in [1.82, 2.24) is 0 Å². The van der Waals surface area contributed by atoms with E-state index in [1.54, 1.807) is 0 Å². The molecule has 3 heteroatoms. The van der Waals surface area contributed by atoms with Crippen LogP contribution in [0.3, 0.4) is 0 Å². The molecule has 2 heterocycles. The topological polar surface area (TPSA) is 38.5 Å². The van der Waals surface area contributed by atoms with Crippen molar-refractivity contribution in [2.24, 2.45) is 0 Å². The number of benzene rings is 2. The van der Waals surface area contributed by atoms with Gasteiger partial charge in [-0.05, 0) is 36.6 Å². The van der Waals surface area contributed by atoms with Gasteiger partial charge in [-0.15, -0.1) is 0 Å². The van der Waals surface area contributed by atoms with E-state index in [0.29, 0.717) is 5.92 Å². The summed E-state index contributed by atoms with van der Waals surface area (Å²) in [4.78, 5) is 2.48. The average molecular weight is 280 g/mol. The van der Waals surface area contributed by atoms with E-state index in [2.05, 4.69) is 35.2 Å². The standard InChI is InChI=1S/C18H20N2O/c19-16-5-3-6-17-15(16)8-10-20(17)12-13-9-11-21-18-7-2-1-4-14(13)18/h1-7,13H,8-12,19H2. The molecule has 0 fully saturated rings. The molecule has 0 amide bonds. The largest absolute Gasteiger partial charge is 0.493 e. The van der Waals surface area contributed by atoms with E-state index in [1.165, 1.54) is 16.8 Å². The van der Waals surface area contributed by atoms with Gasteiger partial charge < -0.3 is 15.4 Å². The Labute approximate surface area is 125 Å². The Balaban J connectivity index is 1.61. The highest BCUT2D eigenvalue weighted by Gasteiger charge is 2.27. The van der Waals surface area contributed by atoms with E-state index >= 15 is 0 Å². The smallest absolute Gasteiger partial charge is 0.122 e. The minimum atomic E-state index is 0.544. The van der Waals surface area contributed by atoms with Crippen LogP contribution in [-0.2, 0) is 6.42 Å². The second-order valence-corrected chi connectivity index (χ2v) is 5.91. The molecule has 3 nitrogen and oxygen atoms in total. The summed E-state index contributed by atoms with van der Waals surface area (Å²) in [6.45, 7) is 2.94. The molecule has 0 saturated heterocycles. The minimum Gasteiger partial charge on any atom is -0.493 e. The summed E-state index contributed by atoms with van der Waals surface area (Å²) < 4.78 is 5.77. The van der Waals surface area contributed by atoms with Gasteiger partial charge in [0, 0.05) is 35.9 Å². The molecule has 0 spiro atoms. The molecule has 108 valence electrons. The number of hydrogen-bond acceptors (Lipinski definition) is 3. The second kappa shape index (κ2) is 4.99. The maximum absolute atomic E-state index is 6.10. The zero-order valence-corrected chi connectivity index (χ0v) is 12.1. The molecular weight excluding hydrogens is 260 g/mol. The van der Waals surface area contributed by atoms with E-state index in [4.69, 9.17) is 10.5 Å². The summed E-state index contributed by atoms with van der Waals surface area (Å²) >= 11 is 0. The number of rotatable bonds is 2. The van der Waals surface area contributed by atoms with Crippen LogP contribution in [0.1, 0.15) is 23.5 Å². The lowest BCUT2D eigenvalue weighted by Crippen LogP contribution is -2.29. The summed E-state index contributed by atoms with van der Waals surface area (Å²) in [6.07, 6.45) is 2.15. The van der Waals surface area contributed by atoms with Crippen molar-refractivity contribution >= 4 is 11.4 Å². The highest BCUT2D eigenvalue weighted by Crippen LogP contribution is 2.38. The summed E-state index contributed by atoms with van der Waals surface area (Å²) in [6, 6.07) is 14.7. The highest BCUT2D eigenvalue weighted by molar-refractivity contribution is 5.68. The van der Waals surface area contributed by atoms with Crippen molar-refractivity contribution in [3.05, 3.63) is 53.6 Å². The van der Waals surface area contributed by atoms with Gasteiger partial charge in [0.05, 0.1) is 6.61 Å². The Morgan fingerprint density at radius 3 is 3.00 bits per heavy atom. The van der Waals surface area contributed by atoms with Gasteiger partial charge in [-0.3, -0.25) is 0 Å². The molecule has 4 rings (SSSR count). The van der Waals surface area contributed by atoms with E-state index < -0.39 is 0 Å². The van der Waals surface area contributed by atoms with Crippen molar-refractivity contribution in [1.29, 1.82) is 0 Å². The first-order valence-electron chi connectivity index (χ1n) is 7.67. The average Bonchev–Trinajstić information content (AvgIpc) is 2.92. The van der Waals surface area contributed by atoms with E-state index in [1.807, 2.05) is 12.1 Å². The number of anilines is 2. The number of nitrogen functional groups attached to an aromatic ring is 1. The quantitative estimate of drug-likeness (QED) is 0.859. The summed E-state index contributed by atoms with van der Waals surface area (Å²) in [5.41, 5.74) is 11.0.